The molecule has 0 amide bonds. The Morgan fingerprint density at radius 1 is 1.50 bits per heavy atom. The summed E-state index contributed by atoms with van der Waals surface area (Å²) in [6.07, 6.45) is -2.72. The molecule has 1 rings (SSSR count). The number of halogens is 3. The highest BCUT2D eigenvalue weighted by Crippen LogP contribution is 2.24. The molecule has 2 nitrogen and oxygen atoms in total. The van der Waals surface area contributed by atoms with Crippen LogP contribution >= 0.6 is 12.0 Å². The van der Waals surface area contributed by atoms with Gasteiger partial charge in [0.1, 0.15) is 0 Å². The maximum Gasteiger partial charge on any atom is 0.413 e. The normalized spacial score (nSPS) is 11.7. The van der Waals surface area contributed by atoms with Gasteiger partial charge in [0.05, 0.1) is 10.6 Å². The fourth-order valence-electron chi connectivity index (χ4n) is 0.717. The lowest BCUT2D eigenvalue weighted by molar-refractivity contribution is -0.150. The lowest BCUT2D eigenvalue weighted by atomic mass is 10.4. The summed E-state index contributed by atoms with van der Waals surface area (Å²) in [4.78, 5) is 4.51. The quantitative estimate of drug-likeness (QED) is 0.735. The summed E-state index contributed by atoms with van der Waals surface area (Å²) in [5, 5.41) is 0. The Labute approximate surface area is 83.7 Å². The maximum absolute atomic E-state index is 11.7. The zero-order valence-corrected chi connectivity index (χ0v) is 8.15. The topological polar surface area (TPSA) is 22.1 Å². The van der Waals surface area contributed by atoms with Crippen molar-refractivity contribution in [3.8, 4) is 0 Å². The molecule has 0 bridgehead atoms. The first-order valence-electron chi connectivity index (χ1n) is 3.77. The van der Waals surface area contributed by atoms with Crippen molar-refractivity contribution < 1.29 is 17.4 Å². The van der Waals surface area contributed by atoms with Crippen molar-refractivity contribution in [1.82, 2.24) is 4.98 Å². The van der Waals surface area contributed by atoms with Crippen LogP contribution in [0.25, 0.3) is 0 Å². The van der Waals surface area contributed by atoms with Crippen LogP contribution in [-0.4, -0.2) is 17.8 Å². The van der Waals surface area contributed by atoms with Crippen molar-refractivity contribution in [2.24, 2.45) is 0 Å². The highest BCUT2D eigenvalue weighted by atomic mass is 32.2. The van der Waals surface area contributed by atoms with Crippen LogP contribution in [0.1, 0.15) is 5.69 Å². The summed E-state index contributed by atoms with van der Waals surface area (Å²) < 4.78 is 39.5. The Balaban J connectivity index is 2.43. The van der Waals surface area contributed by atoms with E-state index in [0.717, 1.165) is 0 Å². The lowest BCUT2D eigenvalue weighted by Gasteiger charge is -2.06. The summed E-state index contributed by atoms with van der Waals surface area (Å²) in [5.41, 5.74) is 0.652. The van der Waals surface area contributed by atoms with Gasteiger partial charge >= 0.3 is 6.18 Å². The molecular formula is C8H8F3NOS. The molecule has 0 atom stereocenters. The van der Waals surface area contributed by atoms with Crippen LogP contribution in [0.2, 0.25) is 0 Å². The minimum absolute atomic E-state index is 0.594. The van der Waals surface area contributed by atoms with Crippen LogP contribution in [0, 0.1) is 6.92 Å². The third-order valence-electron chi connectivity index (χ3n) is 1.33. The van der Waals surface area contributed by atoms with Crippen molar-refractivity contribution in [1.29, 1.82) is 0 Å². The molecule has 14 heavy (non-hydrogen) atoms. The van der Waals surface area contributed by atoms with Crippen molar-refractivity contribution >= 4 is 12.0 Å². The van der Waals surface area contributed by atoms with Crippen LogP contribution in [-0.2, 0) is 4.18 Å². The fourth-order valence-corrected chi connectivity index (χ4v) is 1.34. The van der Waals surface area contributed by atoms with Gasteiger partial charge < -0.3 is 4.18 Å². The van der Waals surface area contributed by atoms with Crippen LogP contribution < -0.4 is 0 Å². The van der Waals surface area contributed by atoms with Crippen molar-refractivity contribution in [3.63, 3.8) is 0 Å². The largest absolute Gasteiger partial charge is 0.413 e. The molecule has 0 saturated carbocycles. The molecule has 0 aromatic carbocycles. The van der Waals surface area contributed by atoms with E-state index in [9.17, 15) is 13.2 Å². The SMILES string of the molecule is Cc1ncccc1SOCC(F)(F)F. The second-order valence-corrected chi connectivity index (χ2v) is 3.39. The van der Waals surface area contributed by atoms with Gasteiger partial charge in [0.25, 0.3) is 0 Å². The monoisotopic (exact) mass is 223 g/mol. The molecular weight excluding hydrogens is 215 g/mol. The van der Waals surface area contributed by atoms with Crippen LogP contribution in [0.15, 0.2) is 23.2 Å². The Bertz CT molecular complexity index is 303. The second kappa shape index (κ2) is 4.65. The summed E-state index contributed by atoms with van der Waals surface area (Å²) in [6.45, 7) is 0.450. The van der Waals surface area contributed by atoms with Crippen molar-refractivity contribution in [2.45, 2.75) is 18.0 Å². The van der Waals surface area contributed by atoms with Gasteiger partial charge in [-0.3, -0.25) is 4.98 Å². The van der Waals surface area contributed by atoms with Gasteiger partial charge in [0.15, 0.2) is 6.61 Å². The minimum Gasteiger partial charge on any atom is -0.301 e. The minimum atomic E-state index is -4.29. The van der Waals surface area contributed by atoms with Gasteiger partial charge in [0, 0.05) is 18.2 Å². The first-order chi connectivity index (χ1) is 6.49. The first-order valence-corrected chi connectivity index (χ1v) is 4.51. The van der Waals surface area contributed by atoms with E-state index in [1.165, 1.54) is 0 Å². The number of rotatable bonds is 3. The molecule has 1 heterocycles. The van der Waals surface area contributed by atoms with Crippen molar-refractivity contribution in [2.75, 3.05) is 6.61 Å². The summed E-state index contributed by atoms with van der Waals surface area (Å²) in [7, 11) is 0. The standard InChI is InChI=1S/C8H8F3NOS/c1-6-7(3-2-4-12-6)14-13-5-8(9,10)11/h2-4H,5H2,1H3. The Hall–Kier alpha value is -0.750. The fraction of sp³-hybridized carbons (Fsp3) is 0.375. The number of alkyl halides is 3. The highest BCUT2D eigenvalue weighted by molar-refractivity contribution is 7.94. The molecule has 0 aliphatic rings. The summed E-state index contributed by atoms with van der Waals surface area (Å²) in [5.74, 6) is 0. The molecule has 1 aromatic heterocycles. The second-order valence-electron chi connectivity index (χ2n) is 2.55. The molecule has 0 saturated heterocycles. The molecule has 0 aliphatic heterocycles. The van der Waals surface area contributed by atoms with E-state index in [2.05, 4.69) is 9.17 Å². The molecule has 0 unspecified atom stereocenters. The number of pyridine rings is 1. The molecule has 6 heteroatoms. The third-order valence-corrected chi connectivity index (χ3v) is 2.18. The number of hydrogen-bond donors (Lipinski definition) is 0. The molecule has 1 aromatic rings. The molecule has 0 aliphatic carbocycles. The summed E-state index contributed by atoms with van der Waals surface area (Å²) in [6, 6.07) is 3.30. The zero-order valence-electron chi connectivity index (χ0n) is 7.34. The summed E-state index contributed by atoms with van der Waals surface area (Å²) >= 11 is 0.691. The average Bonchev–Trinajstić information content (AvgIpc) is 2.06. The van der Waals surface area contributed by atoms with Gasteiger partial charge in [-0.15, -0.1) is 0 Å². The predicted molar refractivity (Wildman–Crippen MR) is 46.8 cm³/mol. The van der Waals surface area contributed by atoms with E-state index < -0.39 is 12.8 Å². The van der Waals surface area contributed by atoms with E-state index in [-0.39, 0.29) is 0 Å². The van der Waals surface area contributed by atoms with Gasteiger partial charge in [-0.1, -0.05) is 0 Å². The van der Waals surface area contributed by atoms with E-state index in [4.69, 9.17) is 0 Å². The molecule has 0 radical (unpaired) electrons. The first kappa shape index (κ1) is 11.3. The predicted octanol–water partition coefficient (Wildman–Crippen LogP) is 2.98. The number of hydrogen-bond acceptors (Lipinski definition) is 3. The van der Waals surface area contributed by atoms with E-state index in [1.807, 2.05) is 0 Å². The van der Waals surface area contributed by atoms with E-state index >= 15 is 0 Å². The number of aromatic nitrogens is 1. The van der Waals surface area contributed by atoms with Crippen LogP contribution in [0.4, 0.5) is 13.2 Å². The molecule has 0 fully saturated rings. The van der Waals surface area contributed by atoms with Gasteiger partial charge in [-0.2, -0.15) is 13.2 Å². The molecule has 0 N–H and O–H groups in total. The van der Waals surface area contributed by atoms with Gasteiger partial charge in [-0.25, -0.2) is 0 Å². The van der Waals surface area contributed by atoms with Crippen LogP contribution in [0.5, 0.6) is 0 Å². The molecule has 0 spiro atoms. The Kier molecular flexibility index (Phi) is 3.77. The smallest absolute Gasteiger partial charge is 0.301 e. The Morgan fingerprint density at radius 3 is 2.79 bits per heavy atom. The van der Waals surface area contributed by atoms with E-state index in [1.54, 1.807) is 25.3 Å². The zero-order chi connectivity index (χ0) is 10.6. The number of aryl methyl sites for hydroxylation is 1. The number of nitrogens with zero attached hydrogens (tertiary/aromatic N) is 1. The molecule has 78 valence electrons. The Morgan fingerprint density at radius 2 is 2.21 bits per heavy atom. The van der Waals surface area contributed by atoms with E-state index in [0.29, 0.717) is 22.6 Å². The van der Waals surface area contributed by atoms with Crippen LogP contribution in [0.3, 0.4) is 0 Å². The van der Waals surface area contributed by atoms with Gasteiger partial charge in [0.2, 0.25) is 0 Å². The lowest BCUT2D eigenvalue weighted by Crippen LogP contribution is -2.14. The third kappa shape index (κ3) is 3.97. The van der Waals surface area contributed by atoms with Gasteiger partial charge in [-0.05, 0) is 19.1 Å². The maximum atomic E-state index is 11.7. The van der Waals surface area contributed by atoms with Crippen molar-refractivity contribution in [3.05, 3.63) is 24.0 Å². The highest BCUT2D eigenvalue weighted by Gasteiger charge is 2.27. The average molecular weight is 223 g/mol.